The van der Waals surface area contributed by atoms with E-state index < -0.39 is 12.2 Å². The lowest BCUT2D eigenvalue weighted by atomic mass is 9.81. The van der Waals surface area contributed by atoms with Crippen molar-refractivity contribution in [2.45, 2.75) is 69.6 Å². The highest BCUT2D eigenvalue weighted by atomic mass is 16.5. The molecule has 37 heavy (non-hydrogen) atoms. The Morgan fingerprint density at radius 2 is 1.65 bits per heavy atom. The number of fused-ring (bicyclic) bond motifs is 1. The van der Waals surface area contributed by atoms with Gasteiger partial charge in [-0.1, -0.05) is 0 Å². The van der Waals surface area contributed by atoms with E-state index in [1.54, 1.807) is 0 Å². The van der Waals surface area contributed by atoms with Crippen molar-refractivity contribution in [3.8, 4) is 0 Å². The van der Waals surface area contributed by atoms with Crippen molar-refractivity contribution in [2.75, 3.05) is 66.1 Å². The average molecular weight is 526 g/mol. The molecule has 0 bridgehead atoms. The molecule has 2 unspecified atom stereocenters. The Morgan fingerprint density at radius 1 is 0.919 bits per heavy atom. The second-order valence-electron chi connectivity index (χ2n) is 11.0. The van der Waals surface area contributed by atoms with Crippen LogP contribution in [-0.2, 0) is 19.1 Å². The Balaban J connectivity index is 1.61. The van der Waals surface area contributed by atoms with Crippen LogP contribution < -0.4 is 16.0 Å². The molecule has 3 rings (SSSR count). The molecule has 0 spiro atoms. The fourth-order valence-electron chi connectivity index (χ4n) is 5.62. The number of piperidine rings is 1. The number of nitrogens with one attached hydrogen (secondary N) is 3. The maximum Gasteiger partial charge on any atom is 0.239 e. The van der Waals surface area contributed by atoms with Crippen molar-refractivity contribution in [3.63, 3.8) is 0 Å². The lowest BCUT2D eigenvalue weighted by Crippen LogP contribution is -2.47. The normalized spacial score (nSPS) is 31.1. The highest BCUT2D eigenvalue weighted by Gasteiger charge is 2.30. The minimum atomic E-state index is -1.02. The van der Waals surface area contributed by atoms with Gasteiger partial charge in [-0.2, -0.15) is 0 Å². The molecule has 0 aromatic rings. The van der Waals surface area contributed by atoms with Gasteiger partial charge in [0.05, 0.1) is 25.2 Å². The summed E-state index contributed by atoms with van der Waals surface area (Å²) in [6, 6.07) is 0.334. The Morgan fingerprint density at radius 3 is 2.43 bits per heavy atom. The van der Waals surface area contributed by atoms with Crippen LogP contribution in [0.4, 0.5) is 0 Å². The minimum Gasteiger partial charge on any atom is -0.393 e. The molecule has 0 aromatic carbocycles. The fraction of sp³-hybridized carbons (Fsp3) is 0.885. The van der Waals surface area contributed by atoms with E-state index in [9.17, 15) is 24.6 Å². The number of carbonyl (C=O) groups is 3. The van der Waals surface area contributed by atoms with Crippen LogP contribution in [0.15, 0.2) is 0 Å². The fourth-order valence-corrected chi connectivity index (χ4v) is 5.62. The molecule has 0 saturated carbocycles. The van der Waals surface area contributed by atoms with E-state index in [0.717, 1.165) is 52.0 Å². The van der Waals surface area contributed by atoms with E-state index in [2.05, 4.69) is 27.9 Å². The molecule has 0 radical (unpaired) electrons. The standard InChI is InChI=1S/C26H47N5O6/c1-30-10-4-19-14-24(34)28-8-3-22(32)15-23(33)16-26(36)31(11-9-27-21-5-12-37-13-6-21)18-25(35)29-7-2-20(19)17-30/h19-23,27,32-33H,2-18H2,1H3,(H,28,34)(H,29,35)/t19-,20-,22?,23?/m0/s1. The maximum absolute atomic E-state index is 13.0. The number of amides is 3. The zero-order valence-electron chi connectivity index (χ0n) is 22.3. The number of likely N-dealkylation sites (tertiary alicyclic amines) is 1. The van der Waals surface area contributed by atoms with E-state index in [0.29, 0.717) is 51.0 Å². The SMILES string of the molecule is CN1CC[C@H]2CC(=O)NCCC(O)CC(O)CC(=O)N(CCNC3CCOCC3)CC(=O)NCC[C@H]2C1. The van der Waals surface area contributed by atoms with Gasteiger partial charge in [-0.25, -0.2) is 0 Å². The van der Waals surface area contributed by atoms with E-state index in [1.165, 1.54) is 4.90 Å². The van der Waals surface area contributed by atoms with Gasteiger partial charge >= 0.3 is 0 Å². The van der Waals surface area contributed by atoms with Gasteiger partial charge in [-0.3, -0.25) is 14.4 Å². The first-order chi connectivity index (χ1) is 17.8. The quantitative estimate of drug-likeness (QED) is 0.317. The van der Waals surface area contributed by atoms with E-state index in [4.69, 9.17) is 4.74 Å². The molecule has 3 fully saturated rings. The highest BCUT2D eigenvalue weighted by molar-refractivity contribution is 5.85. The molecular weight excluding hydrogens is 478 g/mol. The first kappa shape index (κ1) is 29.8. The van der Waals surface area contributed by atoms with Gasteiger partial charge in [0.25, 0.3) is 0 Å². The van der Waals surface area contributed by atoms with Gasteiger partial charge < -0.3 is 40.7 Å². The number of rotatable bonds is 4. The Kier molecular flexibility index (Phi) is 12.5. The third-order valence-electron chi connectivity index (χ3n) is 7.86. The average Bonchev–Trinajstić information content (AvgIpc) is 2.85. The third-order valence-corrected chi connectivity index (χ3v) is 7.86. The number of aliphatic hydroxyl groups is 2. The first-order valence-electron chi connectivity index (χ1n) is 14.0. The second kappa shape index (κ2) is 15.6. The zero-order valence-corrected chi connectivity index (χ0v) is 22.3. The van der Waals surface area contributed by atoms with Gasteiger partial charge in [-0.05, 0) is 64.0 Å². The molecule has 11 nitrogen and oxygen atoms in total. The molecule has 0 aliphatic carbocycles. The van der Waals surface area contributed by atoms with Crippen molar-refractivity contribution in [1.29, 1.82) is 0 Å². The second-order valence-corrected chi connectivity index (χ2v) is 11.0. The maximum atomic E-state index is 13.0. The van der Waals surface area contributed by atoms with Crippen molar-refractivity contribution < 1.29 is 29.3 Å². The van der Waals surface area contributed by atoms with Crippen molar-refractivity contribution in [3.05, 3.63) is 0 Å². The largest absolute Gasteiger partial charge is 0.393 e. The molecule has 3 heterocycles. The van der Waals surface area contributed by atoms with Gasteiger partial charge in [0.1, 0.15) is 0 Å². The van der Waals surface area contributed by atoms with Crippen molar-refractivity contribution in [1.82, 2.24) is 25.8 Å². The zero-order chi connectivity index (χ0) is 26.6. The van der Waals surface area contributed by atoms with E-state index >= 15 is 0 Å². The predicted octanol–water partition coefficient (Wildman–Crippen LogP) is -0.930. The lowest BCUT2D eigenvalue weighted by Gasteiger charge is -2.36. The van der Waals surface area contributed by atoms with Gasteiger partial charge in [0.2, 0.25) is 17.7 Å². The number of nitrogens with zero attached hydrogens (tertiary/aromatic N) is 2. The Labute approximate surface area is 220 Å². The summed E-state index contributed by atoms with van der Waals surface area (Å²) in [4.78, 5) is 42.1. The Bertz CT molecular complexity index is 734. The third kappa shape index (κ3) is 10.8. The summed E-state index contributed by atoms with van der Waals surface area (Å²) in [6.45, 7) is 4.93. The van der Waals surface area contributed by atoms with Crippen LogP contribution in [0.2, 0.25) is 0 Å². The van der Waals surface area contributed by atoms with E-state index in [-0.39, 0.29) is 43.0 Å². The van der Waals surface area contributed by atoms with Crippen molar-refractivity contribution in [2.24, 2.45) is 11.8 Å². The minimum absolute atomic E-state index is 0.0300. The molecule has 212 valence electrons. The smallest absolute Gasteiger partial charge is 0.239 e. The van der Waals surface area contributed by atoms with Crippen LogP contribution in [0, 0.1) is 11.8 Å². The molecule has 5 N–H and O–H groups in total. The molecule has 3 aliphatic rings. The number of ether oxygens (including phenoxy) is 1. The van der Waals surface area contributed by atoms with E-state index in [1.807, 2.05) is 0 Å². The number of aliphatic hydroxyl groups excluding tert-OH is 2. The molecule has 3 aliphatic heterocycles. The lowest BCUT2D eigenvalue weighted by molar-refractivity contribution is -0.138. The summed E-state index contributed by atoms with van der Waals surface area (Å²) in [7, 11) is 2.08. The number of hydrogen-bond acceptors (Lipinski definition) is 8. The molecule has 11 heteroatoms. The molecule has 4 atom stereocenters. The molecule has 3 saturated heterocycles. The number of carbonyl (C=O) groups excluding carboxylic acids is 3. The van der Waals surface area contributed by atoms with Crippen LogP contribution in [0.5, 0.6) is 0 Å². The van der Waals surface area contributed by atoms with Gasteiger partial charge in [-0.15, -0.1) is 0 Å². The van der Waals surface area contributed by atoms with Gasteiger partial charge in [0.15, 0.2) is 0 Å². The predicted molar refractivity (Wildman–Crippen MR) is 139 cm³/mol. The van der Waals surface area contributed by atoms with Crippen LogP contribution >= 0.6 is 0 Å². The van der Waals surface area contributed by atoms with Crippen LogP contribution in [-0.4, -0.2) is 122 Å². The van der Waals surface area contributed by atoms with Crippen LogP contribution in [0.3, 0.4) is 0 Å². The molecule has 0 aromatic heterocycles. The Hall–Kier alpha value is -1.79. The highest BCUT2D eigenvalue weighted by Crippen LogP contribution is 2.28. The number of hydrogen-bond donors (Lipinski definition) is 5. The summed E-state index contributed by atoms with van der Waals surface area (Å²) in [6.07, 6.45) is 2.32. The summed E-state index contributed by atoms with van der Waals surface area (Å²) in [5, 5.41) is 30.1. The first-order valence-corrected chi connectivity index (χ1v) is 14.0. The van der Waals surface area contributed by atoms with Crippen LogP contribution in [0.25, 0.3) is 0 Å². The summed E-state index contributed by atoms with van der Waals surface area (Å²) >= 11 is 0. The van der Waals surface area contributed by atoms with Gasteiger partial charge in [0, 0.05) is 58.4 Å². The topological polar surface area (TPSA) is 143 Å². The summed E-state index contributed by atoms with van der Waals surface area (Å²) < 4.78 is 5.39. The molecule has 3 amide bonds. The monoisotopic (exact) mass is 525 g/mol. The molecular formula is C26H47N5O6. The van der Waals surface area contributed by atoms with Crippen molar-refractivity contribution >= 4 is 17.7 Å². The van der Waals surface area contributed by atoms with Crippen LogP contribution in [0.1, 0.15) is 51.4 Å². The summed E-state index contributed by atoms with van der Waals surface area (Å²) in [5.41, 5.74) is 0. The summed E-state index contributed by atoms with van der Waals surface area (Å²) in [5.74, 6) is -0.0305.